The van der Waals surface area contributed by atoms with Gasteiger partial charge < -0.3 is 14.6 Å². The Bertz CT molecular complexity index is 774. The van der Waals surface area contributed by atoms with Crippen molar-refractivity contribution in [2.45, 2.75) is 38.8 Å². The Kier molecular flexibility index (Phi) is 4.01. The molecule has 1 amide bonds. The summed E-state index contributed by atoms with van der Waals surface area (Å²) >= 11 is 1.26. The lowest BCUT2D eigenvalue weighted by Gasteiger charge is -2.19. The van der Waals surface area contributed by atoms with Crippen LogP contribution in [0.15, 0.2) is 11.1 Å². The van der Waals surface area contributed by atoms with Gasteiger partial charge in [-0.3, -0.25) is 9.59 Å². The van der Waals surface area contributed by atoms with E-state index in [1.54, 1.807) is 14.0 Å². The van der Waals surface area contributed by atoms with E-state index in [9.17, 15) is 9.59 Å². The Hall–Kier alpha value is -1.73. The van der Waals surface area contributed by atoms with E-state index in [1.165, 1.54) is 22.2 Å². The first-order valence-corrected chi connectivity index (χ1v) is 8.18. The van der Waals surface area contributed by atoms with Crippen molar-refractivity contribution >= 4 is 27.5 Å². The molecule has 0 aromatic carbocycles. The van der Waals surface area contributed by atoms with Gasteiger partial charge in [0, 0.05) is 13.7 Å². The summed E-state index contributed by atoms with van der Waals surface area (Å²) in [6.07, 6.45) is 3.56. The highest BCUT2D eigenvalue weighted by Crippen LogP contribution is 2.27. The molecule has 0 saturated carbocycles. The van der Waals surface area contributed by atoms with Gasteiger partial charge in [0.15, 0.2) is 0 Å². The van der Waals surface area contributed by atoms with Crippen LogP contribution in [0.3, 0.4) is 0 Å². The number of thiophene rings is 1. The van der Waals surface area contributed by atoms with Crippen LogP contribution in [-0.4, -0.2) is 34.2 Å². The molecule has 0 spiro atoms. The second kappa shape index (κ2) is 5.81. The van der Waals surface area contributed by atoms with Crippen LogP contribution in [0.25, 0.3) is 10.2 Å². The Morgan fingerprint density at radius 2 is 2.36 bits per heavy atom. The summed E-state index contributed by atoms with van der Waals surface area (Å²) in [6, 6.07) is -0.0459. The maximum Gasteiger partial charge on any atom is 0.262 e. The fourth-order valence-corrected chi connectivity index (χ4v) is 3.83. The Morgan fingerprint density at radius 1 is 1.59 bits per heavy atom. The second-order valence-electron chi connectivity index (χ2n) is 5.71. The van der Waals surface area contributed by atoms with Gasteiger partial charge in [-0.25, -0.2) is 4.98 Å². The summed E-state index contributed by atoms with van der Waals surface area (Å²) in [4.78, 5) is 30.1. The molecule has 0 aliphatic carbocycles. The number of rotatable bonds is 3. The average molecular weight is 321 g/mol. The first-order valence-electron chi connectivity index (χ1n) is 7.36. The van der Waals surface area contributed by atoms with Gasteiger partial charge in [-0.05, 0) is 32.3 Å². The van der Waals surface area contributed by atoms with Crippen LogP contribution < -0.4 is 10.9 Å². The standard InChI is InChI=1S/C15H19N3O3S/c1-8-11-14(16-7-18(3)15(11)20)22-12(8)13(19)17-9(2)10-5-4-6-21-10/h7,9-10H,4-6H2,1-3H3,(H,17,19)/t9-,10-/m0/s1. The molecule has 1 N–H and O–H groups in total. The molecule has 7 heteroatoms. The van der Waals surface area contributed by atoms with Crippen LogP contribution in [0.4, 0.5) is 0 Å². The maximum atomic E-state index is 12.5. The molecule has 118 valence electrons. The third kappa shape index (κ3) is 2.55. The molecule has 0 unspecified atom stereocenters. The Labute approximate surface area is 132 Å². The lowest BCUT2D eigenvalue weighted by molar-refractivity contribution is 0.0714. The zero-order valence-corrected chi connectivity index (χ0v) is 13.7. The molecule has 1 fully saturated rings. The monoisotopic (exact) mass is 321 g/mol. The average Bonchev–Trinajstić information content (AvgIpc) is 3.11. The van der Waals surface area contributed by atoms with Crippen LogP contribution in [0.5, 0.6) is 0 Å². The smallest absolute Gasteiger partial charge is 0.262 e. The number of hydrogen-bond acceptors (Lipinski definition) is 5. The van der Waals surface area contributed by atoms with E-state index in [0.29, 0.717) is 20.7 Å². The SMILES string of the molecule is Cc1c(C(=O)N[C@@H](C)[C@@H]2CCCO2)sc2ncn(C)c(=O)c12. The number of nitrogens with one attached hydrogen (secondary N) is 1. The molecular formula is C15H19N3O3S. The van der Waals surface area contributed by atoms with Crippen LogP contribution in [0.1, 0.15) is 35.0 Å². The van der Waals surface area contributed by atoms with Gasteiger partial charge in [0.05, 0.1) is 28.7 Å². The molecule has 1 aliphatic heterocycles. The van der Waals surface area contributed by atoms with Crippen molar-refractivity contribution < 1.29 is 9.53 Å². The number of nitrogens with zero attached hydrogens (tertiary/aromatic N) is 2. The van der Waals surface area contributed by atoms with Crippen molar-refractivity contribution in [2.24, 2.45) is 7.05 Å². The zero-order chi connectivity index (χ0) is 15.9. The van der Waals surface area contributed by atoms with Crippen LogP contribution >= 0.6 is 11.3 Å². The topological polar surface area (TPSA) is 73.2 Å². The molecule has 0 radical (unpaired) electrons. The van der Waals surface area contributed by atoms with Crippen molar-refractivity contribution in [3.63, 3.8) is 0 Å². The van der Waals surface area contributed by atoms with E-state index in [4.69, 9.17) is 4.74 Å². The number of hydrogen-bond donors (Lipinski definition) is 1. The van der Waals surface area contributed by atoms with Crippen molar-refractivity contribution in [1.29, 1.82) is 0 Å². The fraction of sp³-hybridized carbons (Fsp3) is 0.533. The Balaban J connectivity index is 1.89. The molecule has 0 bridgehead atoms. The molecule has 2 aromatic rings. The van der Waals surface area contributed by atoms with Crippen molar-refractivity contribution in [3.05, 3.63) is 27.1 Å². The molecule has 22 heavy (non-hydrogen) atoms. The number of aromatic nitrogens is 2. The van der Waals surface area contributed by atoms with E-state index in [-0.39, 0.29) is 23.6 Å². The normalized spacial score (nSPS) is 19.5. The first kappa shape index (κ1) is 15.2. The highest BCUT2D eigenvalue weighted by atomic mass is 32.1. The number of amides is 1. The summed E-state index contributed by atoms with van der Waals surface area (Å²) in [5.74, 6) is -0.162. The van der Waals surface area contributed by atoms with E-state index in [0.717, 1.165) is 19.4 Å². The Morgan fingerprint density at radius 3 is 3.05 bits per heavy atom. The van der Waals surface area contributed by atoms with Crippen molar-refractivity contribution in [1.82, 2.24) is 14.9 Å². The number of fused-ring (bicyclic) bond motifs is 1. The third-order valence-corrected chi connectivity index (χ3v) is 5.30. The predicted octanol–water partition coefficient (Wildman–Crippen LogP) is 1.60. The van der Waals surface area contributed by atoms with E-state index in [1.807, 2.05) is 6.92 Å². The first-order chi connectivity index (χ1) is 10.5. The van der Waals surface area contributed by atoms with Gasteiger partial charge in [0.25, 0.3) is 11.5 Å². The van der Waals surface area contributed by atoms with Gasteiger partial charge >= 0.3 is 0 Å². The summed E-state index contributed by atoms with van der Waals surface area (Å²) < 4.78 is 7.03. The summed E-state index contributed by atoms with van der Waals surface area (Å²) in [5.41, 5.74) is 0.579. The number of carbonyl (C=O) groups excluding carboxylic acids is 1. The summed E-state index contributed by atoms with van der Waals surface area (Å²) in [5, 5.41) is 3.52. The maximum absolute atomic E-state index is 12.5. The lowest BCUT2D eigenvalue weighted by Crippen LogP contribution is -2.40. The van der Waals surface area contributed by atoms with Gasteiger partial charge in [0.1, 0.15) is 4.83 Å². The third-order valence-electron chi connectivity index (χ3n) is 4.10. The fourth-order valence-electron chi connectivity index (χ4n) is 2.79. The number of aryl methyl sites for hydroxylation is 2. The minimum Gasteiger partial charge on any atom is -0.376 e. The highest BCUT2D eigenvalue weighted by molar-refractivity contribution is 7.20. The molecule has 6 nitrogen and oxygen atoms in total. The molecule has 2 atom stereocenters. The van der Waals surface area contributed by atoms with Gasteiger partial charge in [0.2, 0.25) is 0 Å². The van der Waals surface area contributed by atoms with E-state index < -0.39 is 0 Å². The molecule has 2 aromatic heterocycles. The van der Waals surface area contributed by atoms with Crippen molar-refractivity contribution in [2.75, 3.05) is 6.61 Å². The largest absolute Gasteiger partial charge is 0.376 e. The predicted molar refractivity (Wildman–Crippen MR) is 85.5 cm³/mol. The lowest BCUT2D eigenvalue weighted by atomic mass is 10.1. The van der Waals surface area contributed by atoms with Gasteiger partial charge in [-0.2, -0.15) is 0 Å². The van der Waals surface area contributed by atoms with Crippen molar-refractivity contribution in [3.8, 4) is 0 Å². The summed E-state index contributed by atoms with van der Waals surface area (Å²) in [6.45, 7) is 4.51. The van der Waals surface area contributed by atoms with E-state index >= 15 is 0 Å². The number of carbonyl (C=O) groups is 1. The minimum absolute atomic E-state index is 0.0459. The van der Waals surface area contributed by atoms with Gasteiger partial charge in [-0.15, -0.1) is 11.3 Å². The zero-order valence-electron chi connectivity index (χ0n) is 12.9. The molecular weight excluding hydrogens is 302 g/mol. The summed E-state index contributed by atoms with van der Waals surface area (Å²) in [7, 11) is 1.66. The van der Waals surface area contributed by atoms with Crippen LogP contribution in [0.2, 0.25) is 0 Å². The molecule has 3 rings (SSSR count). The number of ether oxygens (including phenoxy) is 1. The van der Waals surface area contributed by atoms with Gasteiger partial charge in [-0.1, -0.05) is 0 Å². The van der Waals surface area contributed by atoms with E-state index in [2.05, 4.69) is 10.3 Å². The quantitative estimate of drug-likeness (QED) is 0.932. The van der Waals surface area contributed by atoms with Crippen LogP contribution in [-0.2, 0) is 11.8 Å². The molecule has 1 aliphatic rings. The second-order valence-corrected chi connectivity index (χ2v) is 6.71. The minimum atomic E-state index is -0.162. The van der Waals surface area contributed by atoms with Crippen LogP contribution in [0, 0.1) is 6.92 Å². The molecule has 3 heterocycles. The highest BCUT2D eigenvalue weighted by Gasteiger charge is 2.26. The molecule has 1 saturated heterocycles.